The Bertz CT molecular complexity index is 1170. The molecule has 61 heavy (non-hydrogen) atoms. The van der Waals surface area contributed by atoms with Gasteiger partial charge in [-0.15, -0.1) is 0 Å². The van der Waals surface area contributed by atoms with Crippen LogP contribution in [0.25, 0.3) is 0 Å². The number of unbranched alkanes of at least 4 members (excludes halogenated alkanes) is 26. The van der Waals surface area contributed by atoms with Crippen molar-refractivity contribution in [2.24, 2.45) is 11.5 Å². The average molecular weight is 866 g/mol. The van der Waals surface area contributed by atoms with Crippen LogP contribution in [0.1, 0.15) is 213 Å². The highest BCUT2D eigenvalue weighted by Crippen LogP contribution is 2.37. The predicted octanol–water partition coefficient (Wildman–Crippen LogP) is 7.66. The van der Waals surface area contributed by atoms with E-state index in [1.165, 1.54) is 114 Å². The summed E-state index contributed by atoms with van der Waals surface area (Å²) in [6.45, 7) is 2.15. The second kappa shape index (κ2) is 37.0. The molecule has 1 heterocycles. The molecule has 1 aliphatic heterocycles. The summed E-state index contributed by atoms with van der Waals surface area (Å²) < 4.78 is 6.27. The maximum absolute atomic E-state index is 14.4. The largest absolute Gasteiger partial charge is 0.394 e. The van der Waals surface area contributed by atoms with Crippen molar-refractivity contribution in [3.63, 3.8) is 0 Å². The Hall–Kier alpha value is -2.42. The number of aliphatic hydroxyl groups excluding tert-OH is 3. The fourth-order valence-electron chi connectivity index (χ4n) is 8.32. The molecule has 0 bridgehead atoms. The Labute approximate surface area is 370 Å². The van der Waals surface area contributed by atoms with Gasteiger partial charge in [0.2, 0.25) is 23.6 Å². The number of nitrogens with one attached hydrogen (secondary N) is 1. The molecule has 4 amide bonds. The summed E-state index contributed by atoms with van der Waals surface area (Å²) in [5, 5.41) is 34.5. The summed E-state index contributed by atoms with van der Waals surface area (Å²) >= 11 is 0. The molecular weight excluding hydrogens is 775 g/mol. The van der Waals surface area contributed by atoms with Crippen molar-refractivity contribution in [1.82, 2.24) is 15.1 Å². The average Bonchev–Trinajstić information content (AvgIpc) is 3.26. The zero-order valence-corrected chi connectivity index (χ0v) is 38.8. The van der Waals surface area contributed by atoms with E-state index in [0.29, 0.717) is 17.7 Å². The lowest BCUT2D eigenvalue weighted by molar-refractivity contribution is -0.312. The third-order valence-corrected chi connectivity index (χ3v) is 12.0. The first-order valence-electron chi connectivity index (χ1n) is 24.8. The van der Waals surface area contributed by atoms with Crippen LogP contribution in [0.5, 0.6) is 0 Å². The van der Waals surface area contributed by atoms with Gasteiger partial charge in [0, 0.05) is 19.4 Å². The normalized spacial score (nSPS) is 19.0. The summed E-state index contributed by atoms with van der Waals surface area (Å²) in [5.41, 5.74) is 11.3. The van der Waals surface area contributed by atoms with E-state index in [4.69, 9.17) is 16.2 Å². The minimum Gasteiger partial charge on any atom is -0.394 e. The molecule has 13 heteroatoms. The minimum absolute atomic E-state index is 0.0973. The SMILES string of the molecule is CCCCCCCCC=CCCCCCCCC(=O)N(CCCCCCCCCCCCCCCCCC)[C@@]1(N(C(=O)CN)C(=O)CNC(=O)CN)C[C@@H](O)[C@H](O)[C@@H](CO)O1. The molecule has 1 fully saturated rings. The van der Waals surface area contributed by atoms with E-state index in [0.717, 1.165) is 64.2 Å². The number of ether oxygens (including phenoxy) is 1. The Morgan fingerprint density at radius 2 is 1.07 bits per heavy atom. The van der Waals surface area contributed by atoms with Crippen molar-refractivity contribution >= 4 is 23.6 Å². The van der Waals surface area contributed by atoms with Gasteiger partial charge in [-0.25, -0.2) is 4.90 Å². The highest BCUT2D eigenvalue weighted by atomic mass is 16.6. The van der Waals surface area contributed by atoms with Crippen LogP contribution >= 0.6 is 0 Å². The molecule has 0 saturated carbocycles. The number of allylic oxidation sites excluding steroid dienone is 2. The molecule has 1 rings (SSSR count). The molecule has 0 unspecified atom stereocenters. The molecule has 0 aliphatic carbocycles. The third kappa shape index (κ3) is 24.3. The number of hydrogen-bond donors (Lipinski definition) is 6. The zero-order chi connectivity index (χ0) is 45.0. The van der Waals surface area contributed by atoms with Crippen molar-refractivity contribution in [1.29, 1.82) is 0 Å². The minimum atomic E-state index is -2.21. The molecule has 0 radical (unpaired) electrons. The maximum atomic E-state index is 14.4. The summed E-state index contributed by atoms with van der Waals surface area (Å²) in [4.78, 5) is 55.9. The van der Waals surface area contributed by atoms with Crippen molar-refractivity contribution in [2.75, 3.05) is 32.8 Å². The van der Waals surface area contributed by atoms with Crippen LogP contribution in [0.2, 0.25) is 0 Å². The van der Waals surface area contributed by atoms with Crippen LogP contribution in [-0.4, -0.2) is 106 Å². The summed E-state index contributed by atoms with van der Waals surface area (Å²) in [7, 11) is 0. The number of rotatable bonds is 39. The fourth-order valence-corrected chi connectivity index (χ4v) is 8.32. The van der Waals surface area contributed by atoms with Crippen LogP contribution in [0.3, 0.4) is 0 Å². The Kier molecular flexibility index (Phi) is 34.3. The van der Waals surface area contributed by atoms with Crippen LogP contribution in [0.4, 0.5) is 0 Å². The molecule has 0 spiro atoms. The molecule has 13 nitrogen and oxygen atoms in total. The van der Waals surface area contributed by atoms with Gasteiger partial charge < -0.3 is 36.8 Å². The first-order valence-corrected chi connectivity index (χ1v) is 24.8. The topological polar surface area (TPSA) is 209 Å². The summed E-state index contributed by atoms with van der Waals surface area (Å²) in [6, 6.07) is 0. The molecule has 0 aromatic carbocycles. The maximum Gasteiger partial charge on any atom is 0.252 e. The number of nitrogens with two attached hydrogens (primary N) is 2. The summed E-state index contributed by atoms with van der Waals surface area (Å²) in [6.07, 6.45) is 32.8. The van der Waals surface area contributed by atoms with Gasteiger partial charge in [0.05, 0.1) is 32.3 Å². The Balaban J connectivity index is 2.96. The monoisotopic (exact) mass is 866 g/mol. The highest BCUT2D eigenvalue weighted by molar-refractivity contribution is 5.99. The molecule has 356 valence electrons. The lowest BCUT2D eigenvalue weighted by Gasteiger charge is -2.54. The van der Waals surface area contributed by atoms with Crippen LogP contribution in [-0.2, 0) is 23.9 Å². The van der Waals surface area contributed by atoms with Gasteiger partial charge in [0.1, 0.15) is 12.2 Å². The van der Waals surface area contributed by atoms with Crippen molar-refractivity contribution in [2.45, 2.75) is 237 Å². The molecule has 0 aromatic heterocycles. The first kappa shape index (κ1) is 56.6. The van der Waals surface area contributed by atoms with Crippen LogP contribution < -0.4 is 16.8 Å². The van der Waals surface area contributed by atoms with Gasteiger partial charge in [-0.05, 0) is 38.5 Å². The smallest absolute Gasteiger partial charge is 0.252 e. The van der Waals surface area contributed by atoms with E-state index in [2.05, 4.69) is 31.3 Å². The molecular formula is C48H91N5O8. The Morgan fingerprint density at radius 1 is 0.623 bits per heavy atom. The Morgan fingerprint density at radius 3 is 1.51 bits per heavy atom. The highest BCUT2D eigenvalue weighted by Gasteiger charge is 2.57. The number of amides is 4. The number of hydrogen-bond acceptors (Lipinski definition) is 10. The van der Waals surface area contributed by atoms with Crippen LogP contribution in [0.15, 0.2) is 12.2 Å². The van der Waals surface area contributed by atoms with Gasteiger partial charge in [-0.3, -0.25) is 24.1 Å². The molecule has 1 saturated heterocycles. The van der Waals surface area contributed by atoms with Gasteiger partial charge in [0.15, 0.2) is 0 Å². The lowest BCUT2D eigenvalue weighted by atomic mass is 9.95. The van der Waals surface area contributed by atoms with E-state index in [9.17, 15) is 34.5 Å². The molecule has 8 N–H and O–H groups in total. The standard InChI is InChI=1S/C48H91N5O8/c1-3-5-7-9-11-13-15-17-19-21-23-25-27-29-31-33-35-52(44(57)34-32-30-28-26-24-22-20-18-16-14-12-10-8-6-4-2)48(36-41(55)47(60)42(40-54)61-48)53(45(58)38-50)46(59)39-51-43(56)37-49/h18,20,41-42,47,54-55,60H,3-17,19,21-40,49-50H2,1-2H3,(H,51,56)/t41-,42-,47+,48-/m1/s1. The fraction of sp³-hybridized carbons (Fsp3) is 0.875. The van der Waals surface area contributed by atoms with Crippen molar-refractivity contribution in [3.05, 3.63) is 12.2 Å². The van der Waals surface area contributed by atoms with Gasteiger partial charge in [0.25, 0.3) is 5.91 Å². The number of imide groups is 1. The summed E-state index contributed by atoms with van der Waals surface area (Å²) in [5.74, 6) is -5.06. The van der Waals surface area contributed by atoms with E-state index >= 15 is 0 Å². The van der Waals surface area contributed by atoms with Gasteiger partial charge in [-0.2, -0.15) is 0 Å². The van der Waals surface area contributed by atoms with Crippen molar-refractivity contribution < 1.29 is 39.2 Å². The molecule has 0 aromatic rings. The van der Waals surface area contributed by atoms with E-state index in [1.807, 2.05) is 0 Å². The number of carbonyl (C=O) groups is 4. The zero-order valence-electron chi connectivity index (χ0n) is 38.8. The second-order valence-electron chi connectivity index (χ2n) is 17.3. The number of nitrogens with zero attached hydrogens (tertiary/aromatic N) is 2. The lowest BCUT2D eigenvalue weighted by Crippen LogP contribution is -2.74. The number of carbonyl (C=O) groups excluding carboxylic acids is 4. The van der Waals surface area contributed by atoms with E-state index in [1.54, 1.807) is 0 Å². The number of aliphatic hydroxyl groups is 3. The quantitative estimate of drug-likeness (QED) is 0.0202. The molecule has 4 atom stereocenters. The second-order valence-corrected chi connectivity index (χ2v) is 17.3. The third-order valence-electron chi connectivity index (χ3n) is 12.0. The predicted molar refractivity (Wildman–Crippen MR) is 245 cm³/mol. The van der Waals surface area contributed by atoms with E-state index in [-0.39, 0.29) is 18.9 Å². The van der Waals surface area contributed by atoms with Gasteiger partial charge >= 0.3 is 0 Å². The van der Waals surface area contributed by atoms with E-state index < -0.39 is 74.5 Å². The van der Waals surface area contributed by atoms with Crippen LogP contribution in [0, 0.1) is 0 Å². The first-order chi connectivity index (χ1) is 29.6. The molecule has 1 aliphatic rings. The van der Waals surface area contributed by atoms with Crippen molar-refractivity contribution in [3.8, 4) is 0 Å². The van der Waals surface area contributed by atoms with Gasteiger partial charge in [-0.1, -0.05) is 174 Å².